The van der Waals surface area contributed by atoms with Crippen LogP contribution in [-0.4, -0.2) is 22.8 Å². The molecule has 1 unspecified atom stereocenters. The van der Waals surface area contributed by atoms with E-state index in [-0.39, 0.29) is 10.8 Å². The van der Waals surface area contributed by atoms with Gasteiger partial charge in [-0.1, -0.05) is 24.3 Å². The highest BCUT2D eigenvalue weighted by Crippen LogP contribution is 2.25. The maximum atomic E-state index is 12.6. The molecule has 0 radical (unpaired) electrons. The van der Waals surface area contributed by atoms with Crippen LogP contribution in [0.5, 0.6) is 0 Å². The molecule has 7 nitrogen and oxygen atoms in total. The van der Waals surface area contributed by atoms with Gasteiger partial charge in [0.05, 0.1) is 22.2 Å². The molecule has 138 valence electrons. The van der Waals surface area contributed by atoms with Gasteiger partial charge in [-0.2, -0.15) is 13.5 Å². The molecule has 1 atom stereocenters. The first-order valence-corrected chi connectivity index (χ1v) is 10.8. The van der Waals surface area contributed by atoms with Crippen LogP contribution in [-0.2, 0) is 26.6 Å². The van der Waals surface area contributed by atoms with E-state index < -0.39 is 20.8 Å². The maximum absolute atomic E-state index is 12.6. The number of nitrogens with one attached hydrogen (secondary N) is 2. The number of sulfonamides is 1. The van der Waals surface area contributed by atoms with Gasteiger partial charge in [-0.05, 0) is 30.3 Å². The van der Waals surface area contributed by atoms with Crippen molar-refractivity contribution in [2.45, 2.75) is 15.7 Å². The standard InChI is InChI=1S/C18H15N3O4S2/c22-26(12-15-8-9-19-20-15)16-6-3-5-14(11-16)21-27(23,24)18-10-13-4-1-2-7-17(13)25-18/h1-11,21H,12H2,(H,19,20). The van der Waals surface area contributed by atoms with E-state index in [9.17, 15) is 12.6 Å². The predicted molar refractivity (Wildman–Crippen MR) is 102 cm³/mol. The lowest BCUT2D eigenvalue weighted by Gasteiger charge is -2.07. The lowest BCUT2D eigenvalue weighted by atomic mass is 10.3. The average Bonchev–Trinajstić information content (AvgIpc) is 3.31. The number of fused-ring (bicyclic) bond motifs is 1. The zero-order chi connectivity index (χ0) is 18.9. The lowest BCUT2D eigenvalue weighted by Crippen LogP contribution is -2.12. The summed E-state index contributed by atoms with van der Waals surface area (Å²) in [7, 11) is -5.24. The van der Waals surface area contributed by atoms with E-state index >= 15 is 0 Å². The number of H-pyrrole nitrogens is 1. The maximum Gasteiger partial charge on any atom is 0.295 e. The summed E-state index contributed by atoms with van der Waals surface area (Å²) in [5, 5.41) is 7.11. The molecule has 0 saturated heterocycles. The van der Waals surface area contributed by atoms with Gasteiger partial charge < -0.3 is 4.42 Å². The van der Waals surface area contributed by atoms with Crippen LogP contribution in [0.15, 0.2) is 81.3 Å². The number of nitrogens with zero attached hydrogens (tertiary/aromatic N) is 1. The number of benzene rings is 2. The molecule has 4 aromatic rings. The van der Waals surface area contributed by atoms with Crippen LogP contribution >= 0.6 is 0 Å². The molecule has 0 spiro atoms. The fourth-order valence-electron chi connectivity index (χ4n) is 2.59. The Kier molecular flexibility index (Phi) is 4.54. The Morgan fingerprint density at radius 1 is 1.07 bits per heavy atom. The number of para-hydroxylation sites is 1. The second-order valence-electron chi connectivity index (χ2n) is 5.81. The molecule has 2 heterocycles. The molecule has 9 heteroatoms. The molecular formula is C18H15N3O4S2. The van der Waals surface area contributed by atoms with Crippen LogP contribution in [0.3, 0.4) is 0 Å². The van der Waals surface area contributed by atoms with Gasteiger partial charge in [-0.15, -0.1) is 0 Å². The number of aromatic nitrogens is 2. The molecule has 2 N–H and O–H groups in total. The summed E-state index contributed by atoms with van der Waals surface area (Å²) >= 11 is 0. The van der Waals surface area contributed by atoms with Crippen LogP contribution < -0.4 is 4.72 Å². The smallest absolute Gasteiger partial charge is 0.295 e. The first-order chi connectivity index (χ1) is 13.0. The van der Waals surface area contributed by atoms with E-state index in [2.05, 4.69) is 14.9 Å². The Hall–Kier alpha value is -2.91. The minimum absolute atomic E-state index is 0.173. The van der Waals surface area contributed by atoms with Gasteiger partial charge in [-0.25, -0.2) is 0 Å². The third kappa shape index (κ3) is 3.79. The zero-order valence-corrected chi connectivity index (χ0v) is 15.6. The SMILES string of the molecule is O=S(Cc1ccn[nH]1)c1cccc(NS(=O)(=O)c2cc3ccccc3o2)c1. The van der Waals surface area contributed by atoms with Gasteiger partial charge in [0.25, 0.3) is 10.0 Å². The number of aromatic amines is 1. The van der Waals surface area contributed by atoms with Crippen molar-refractivity contribution in [3.63, 3.8) is 0 Å². The minimum atomic E-state index is -3.90. The molecule has 0 saturated carbocycles. The highest BCUT2D eigenvalue weighted by Gasteiger charge is 2.20. The van der Waals surface area contributed by atoms with Crippen LogP contribution in [0.4, 0.5) is 5.69 Å². The minimum Gasteiger partial charge on any atom is -0.443 e. The van der Waals surface area contributed by atoms with E-state index in [4.69, 9.17) is 4.42 Å². The van der Waals surface area contributed by atoms with Gasteiger partial charge in [0, 0.05) is 28.2 Å². The predicted octanol–water partition coefficient (Wildman–Crippen LogP) is 3.26. The van der Waals surface area contributed by atoms with Crippen molar-refractivity contribution in [3.8, 4) is 0 Å². The Morgan fingerprint density at radius 2 is 1.93 bits per heavy atom. The highest BCUT2D eigenvalue weighted by atomic mass is 32.2. The van der Waals surface area contributed by atoms with E-state index in [1.165, 1.54) is 6.07 Å². The van der Waals surface area contributed by atoms with Crippen molar-refractivity contribution in [1.82, 2.24) is 10.2 Å². The zero-order valence-electron chi connectivity index (χ0n) is 14.0. The van der Waals surface area contributed by atoms with Gasteiger partial charge >= 0.3 is 0 Å². The molecule has 0 aliphatic carbocycles. The molecule has 0 aliphatic rings. The van der Waals surface area contributed by atoms with Crippen molar-refractivity contribution in [2.24, 2.45) is 0 Å². The summed E-state index contributed by atoms with van der Waals surface area (Å²) in [6.07, 6.45) is 1.59. The van der Waals surface area contributed by atoms with Gasteiger partial charge in [0.1, 0.15) is 5.58 Å². The van der Waals surface area contributed by atoms with Gasteiger partial charge in [0.15, 0.2) is 0 Å². The molecule has 0 fully saturated rings. The van der Waals surface area contributed by atoms with Crippen molar-refractivity contribution in [1.29, 1.82) is 0 Å². The monoisotopic (exact) mass is 401 g/mol. The number of hydrogen-bond donors (Lipinski definition) is 2. The van der Waals surface area contributed by atoms with Crippen LogP contribution in [0.25, 0.3) is 11.0 Å². The van der Waals surface area contributed by atoms with E-state index in [0.717, 1.165) is 5.69 Å². The fraction of sp³-hybridized carbons (Fsp3) is 0.0556. The van der Waals surface area contributed by atoms with Gasteiger partial charge in [0.2, 0.25) is 5.09 Å². The van der Waals surface area contributed by atoms with Crippen molar-refractivity contribution in [3.05, 3.63) is 72.6 Å². The molecule has 2 aromatic heterocycles. The van der Waals surface area contributed by atoms with E-state index in [0.29, 0.717) is 21.6 Å². The number of hydrogen-bond acceptors (Lipinski definition) is 5. The largest absolute Gasteiger partial charge is 0.443 e. The topological polar surface area (TPSA) is 105 Å². The summed E-state index contributed by atoms with van der Waals surface area (Å²) in [6, 6.07) is 16.7. The fourth-order valence-corrected chi connectivity index (χ4v) is 4.70. The molecule has 0 aliphatic heterocycles. The second-order valence-corrected chi connectivity index (χ2v) is 8.87. The van der Waals surface area contributed by atoms with Crippen LogP contribution in [0.1, 0.15) is 5.69 Å². The van der Waals surface area contributed by atoms with Crippen LogP contribution in [0, 0.1) is 0 Å². The Bertz CT molecular complexity index is 1180. The summed E-state index contributed by atoms with van der Waals surface area (Å²) in [5.74, 6) is 0.264. The second kappa shape index (κ2) is 7.01. The lowest BCUT2D eigenvalue weighted by molar-refractivity contribution is 0.484. The molecule has 0 amide bonds. The van der Waals surface area contributed by atoms with Crippen molar-refractivity contribution >= 4 is 37.5 Å². The van der Waals surface area contributed by atoms with E-state index in [1.807, 2.05) is 0 Å². The molecule has 4 rings (SSSR count). The summed E-state index contributed by atoms with van der Waals surface area (Å²) in [5.41, 5.74) is 1.54. The normalized spacial score (nSPS) is 12.9. The Balaban J connectivity index is 1.57. The molecule has 27 heavy (non-hydrogen) atoms. The van der Waals surface area contributed by atoms with Crippen molar-refractivity contribution < 1.29 is 17.0 Å². The van der Waals surface area contributed by atoms with E-state index in [1.54, 1.807) is 60.8 Å². The van der Waals surface area contributed by atoms with Gasteiger partial charge in [-0.3, -0.25) is 14.0 Å². The third-order valence-electron chi connectivity index (χ3n) is 3.86. The first-order valence-electron chi connectivity index (χ1n) is 7.99. The van der Waals surface area contributed by atoms with Crippen molar-refractivity contribution in [2.75, 3.05) is 4.72 Å². The van der Waals surface area contributed by atoms with Crippen LogP contribution in [0.2, 0.25) is 0 Å². The average molecular weight is 401 g/mol. The first kappa shape index (κ1) is 17.5. The number of anilines is 1. The summed E-state index contributed by atoms with van der Waals surface area (Å²) in [4.78, 5) is 0.509. The highest BCUT2D eigenvalue weighted by molar-refractivity contribution is 7.92. The summed E-state index contributed by atoms with van der Waals surface area (Å²) in [6.45, 7) is 0. The molecule has 0 bridgehead atoms. The Labute approximate surface area is 157 Å². The summed E-state index contributed by atoms with van der Waals surface area (Å²) < 4.78 is 45.6. The quantitative estimate of drug-likeness (QED) is 0.516. The number of rotatable bonds is 6. The molecular weight excluding hydrogens is 386 g/mol. The molecule has 2 aromatic carbocycles. The third-order valence-corrected chi connectivity index (χ3v) is 6.45. The number of furan rings is 1. The Morgan fingerprint density at radius 3 is 2.70 bits per heavy atom.